The van der Waals surface area contributed by atoms with Crippen molar-refractivity contribution < 1.29 is 4.39 Å². The molecule has 0 atom stereocenters. The molecule has 0 saturated heterocycles. The zero-order chi connectivity index (χ0) is 23.2. The van der Waals surface area contributed by atoms with Crippen LogP contribution in [0.15, 0.2) is 79.1 Å². The number of nitrogens with zero attached hydrogens (tertiary/aromatic N) is 4. The maximum Gasteiger partial charge on any atom is 0.135 e. The molecule has 0 spiro atoms. The smallest absolute Gasteiger partial charge is 0.135 e. The van der Waals surface area contributed by atoms with E-state index in [4.69, 9.17) is 4.98 Å². The first-order valence-corrected chi connectivity index (χ1v) is 10.9. The van der Waals surface area contributed by atoms with Crippen molar-refractivity contribution in [2.45, 2.75) is 0 Å². The number of benzene rings is 2. The minimum Gasteiger partial charge on any atom is -0.376 e. The van der Waals surface area contributed by atoms with E-state index in [9.17, 15) is 4.39 Å². The molecule has 166 valence electrons. The van der Waals surface area contributed by atoms with Crippen LogP contribution in [0.25, 0.3) is 55.7 Å². The highest BCUT2D eigenvalue weighted by Gasteiger charge is 2.16. The molecule has 2 N–H and O–H groups in total. The Morgan fingerprint density at radius 1 is 0.853 bits per heavy atom. The highest BCUT2D eigenvalue weighted by molar-refractivity contribution is 6.00. The molecule has 0 aliphatic heterocycles. The third-order valence-corrected chi connectivity index (χ3v) is 6.00. The topological polar surface area (TPSA) is 73.5 Å². The van der Waals surface area contributed by atoms with E-state index >= 15 is 0 Å². The molecule has 0 amide bonds. The first-order valence-electron chi connectivity index (χ1n) is 10.9. The van der Waals surface area contributed by atoms with Crippen LogP contribution in [0, 0.1) is 5.82 Å². The fraction of sp³-hybridized carbons (Fsp3) is 0.0741. The van der Waals surface area contributed by atoms with E-state index in [0.717, 1.165) is 61.4 Å². The summed E-state index contributed by atoms with van der Waals surface area (Å²) in [6.07, 6.45) is 3.64. The molecule has 0 aliphatic carbocycles. The number of hydrogen-bond acceptors (Lipinski definition) is 4. The van der Waals surface area contributed by atoms with Crippen molar-refractivity contribution in [1.29, 1.82) is 0 Å². The summed E-state index contributed by atoms with van der Waals surface area (Å²) in [7, 11) is 3.97. The molecule has 0 saturated carbocycles. The number of H-pyrrole nitrogens is 2. The molecule has 34 heavy (non-hydrogen) atoms. The lowest BCUT2D eigenvalue weighted by atomic mass is 10.0. The van der Waals surface area contributed by atoms with E-state index in [1.54, 1.807) is 12.1 Å². The summed E-state index contributed by atoms with van der Waals surface area (Å²) in [6.45, 7) is 0. The normalized spacial score (nSPS) is 11.4. The van der Waals surface area contributed by atoms with Gasteiger partial charge in [-0.1, -0.05) is 24.3 Å². The molecule has 6 rings (SSSR count). The van der Waals surface area contributed by atoms with Crippen LogP contribution in [0.4, 0.5) is 10.1 Å². The van der Waals surface area contributed by atoms with E-state index in [-0.39, 0.29) is 5.82 Å². The van der Waals surface area contributed by atoms with Crippen LogP contribution in [-0.4, -0.2) is 39.2 Å². The zero-order valence-electron chi connectivity index (χ0n) is 18.7. The van der Waals surface area contributed by atoms with Crippen molar-refractivity contribution in [3.63, 3.8) is 0 Å². The minimum absolute atomic E-state index is 0.256. The largest absolute Gasteiger partial charge is 0.376 e. The molecule has 6 nitrogen and oxygen atoms in total. The van der Waals surface area contributed by atoms with Crippen LogP contribution in [0.2, 0.25) is 0 Å². The molecule has 6 aromatic rings. The van der Waals surface area contributed by atoms with Gasteiger partial charge < -0.3 is 9.88 Å². The number of pyridine rings is 2. The minimum atomic E-state index is -0.256. The van der Waals surface area contributed by atoms with Crippen LogP contribution >= 0.6 is 0 Å². The van der Waals surface area contributed by atoms with Gasteiger partial charge in [0.15, 0.2) is 0 Å². The summed E-state index contributed by atoms with van der Waals surface area (Å²) < 4.78 is 13.9. The Hall–Kier alpha value is -4.52. The van der Waals surface area contributed by atoms with E-state index in [0.29, 0.717) is 0 Å². The lowest BCUT2D eigenvalue weighted by Crippen LogP contribution is -2.08. The third kappa shape index (κ3) is 3.38. The van der Waals surface area contributed by atoms with Crippen molar-refractivity contribution in [2.24, 2.45) is 0 Å². The molecule has 0 bridgehead atoms. The Bertz CT molecular complexity index is 1660. The van der Waals surface area contributed by atoms with Gasteiger partial charge in [-0.3, -0.25) is 10.1 Å². The monoisotopic (exact) mass is 448 g/mol. The van der Waals surface area contributed by atoms with Crippen molar-refractivity contribution in [1.82, 2.24) is 25.1 Å². The maximum absolute atomic E-state index is 13.9. The van der Waals surface area contributed by atoms with Gasteiger partial charge in [-0.05, 0) is 53.6 Å². The van der Waals surface area contributed by atoms with Crippen molar-refractivity contribution in [3.8, 4) is 33.8 Å². The number of hydrogen-bond donors (Lipinski definition) is 2. The highest BCUT2D eigenvalue weighted by Crippen LogP contribution is 2.34. The summed E-state index contributed by atoms with van der Waals surface area (Å²) in [6, 6.07) is 20.7. The molecule has 0 fully saturated rings. The predicted molar refractivity (Wildman–Crippen MR) is 134 cm³/mol. The van der Waals surface area contributed by atoms with Gasteiger partial charge in [0.1, 0.15) is 17.0 Å². The fourth-order valence-electron chi connectivity index (χ4n) is 4.25. The number of anilines is 1. The fourth-order valence-corrected chi connectivity index (χ4v) is 4.25. The zero-order valence-corrected chi connectivity index (χ0v) is 18.7. The first kappa shape index (κ1) is 20.1. The number of rotatable bonds is 4. The van der Waals surface area contributed by atoms with Crippen LogP contribution in [0.1, 0.15) is 0 Å². The Labute approximate surface area is 195 Å². The number of halogens is 1. The van der Waals surface area contributed by atoms with Gasteiger partial charge in [0, 0.05) is 36.8 Å². The molecular formula is C27H21FN6. The Balaban J connectivity index is 1.48. The number of aromatic amines is 2. The van der Waals surface area contributed by atoms with Gasteiger partial charge in [-0.15, -0.1) is 0 Å². The first-order chi connectivity index (χ1) is 16.6. The predicted octanol–water partition coefficient (Wildman–Crippen LogP) is 6.04. The standard InChI is InChI=1S/C27H21FN6/c1-34(2)19-12-17(14-29-15-19)22-9-10-24-26(31-22)27(33-32-24)25-13-21-20(7-4-8-23(21)30-25)16-5-3-6-18(28)11-16/h3-15,30H,1-2H3,(H,32,33). The molecule has 2 aromatic carbocycles. The second-order valence-electron chi connectivity index (χ2n) is 8.45. The average Bonchev–Trinajstić information content (AvgIpc) is 3.47. The quantitative estimate of drug-likeness (QED) is 0.345. The Morgan fingerprint density at radius 2 is 1.74 bits per heavy atom. The van der Waals surface area contributed by atoms with Crippen LogP contribution in [0.3, 0.4) is 0 Å². The molecule has 4 heterocycles. The van der Waals surface area contributed by atoms with E-state index in [2.05, 4.69) is 26.2 Å². The van der Waals surface area contributed by atoms with Crippen LogP contribution in [0.5, 0.6) is 0 Å². The number of nitrogens with one attached hydrogen (secondary N) is 2. The molecule has 0 unspecified atom stereocenters. The van der Waals surface area contributed by atoms with Crippen molar-refractivity contribution in [2.75, 3.05) is 19.0 Å². The average molecular weight is 449 g/mol. The second kappa shape index (κ2) is 7.81. The molecule has 4 aromatic heterocycles. The highest BCUT2D eigenvalue weighted by atomic mass is 19.1. The number of aromatic nitrogens is 5. The van der Waals surface area contributed by atoms with Crippen LogP contribution < -0.4 is 4.90 Å². The molecule has 0 aliphatic rings. The van der Waals surface area contributed by atoms with E-state index in [1.807, 2.05) is 73.9 Å². The maximum atomic E-state index is 13.9. The SMILES string of the molecule is CN(C)c1cncc(-c2ccc3[nH]nc(-c4cc5c(-c6cccc(F)c6)cccc5[nH]4)c3n2)c1. The number of fused-ring (bicyclic) bond motifs is 2. The van der Waals surface area contributed by atoms with Gasteiger partial charge in [0.05, 0.1) is 28.8 Å². The van der Waals surface area contributed by atoms with Gasteiger partial charge in [0.2, 0.25) is 0 Å². The van der Waals surface area contributed by atoms with Crippen LogP contribution in [-0.2, 0) is 0 Å². The summed E-state index contributed by atoms with van der Waals surface area (Å²) in [5, 5.41) is 8.64. The van der Waals surface area contributed by atoms with E-state index < -0.39 is 0 Å². The third-order valence-electron chi connectivity index (χ3n) is 6.00. The molecule has 7 heteroatoms. The summed E-state index contributed by atoms with van der Waals surface area (Å²) >= 11 is 0. The van der Waals surface area contributed by atoms with Gasteiger partial charge in [-0.2, -0.15) is 5.10 Å². The lowest BCUT2D eigenvalue weighted by Gasteiger charge is -2.12. The van der Waals surface area contributed by atoms with Crippen molar-refractivity contribution in [3.05, 3.63) is 84.9 Å². The van der Waals surface area contributed by atoms with Gasteiger partial charge >= 0.3 is 0 Å². The second-order valence-corrected chi connectivity index (χ2v) is 8.45. The van der Waals surface area contributed by atoms with E-state index in [1.165, 1.54) is 6.07 Å². The molecular weight excluding hydrogens is 427 g/mol. The Morgan fingerprint density at radius 3 is 2.59 bits per heavy atom. The summed E-state index contributed by atoms with van der Waals surface area (Å²) in [5.41, 5.74) is 8.69. The Kier molecular flexibility index (Phi) is 4.62. The van der Waals surface area contributed by atoms with Crippen molar-refractivity contribution >= 4 is 27.6 Å². The summed E-state index contributed by atoms with van der Waals surface area (Å²) in [4.78, 5) is 14.8. The lowest BCUT2D eigenvalue weighted by molar-refractivity contribution is 0.628. The summed E-state index contributed by atoms with van der Waals surface area (Å²) in [5.74, 6) is -0.256. The molecule has 0 radical (unpaired) electrons. The van der Waals surface area contributed by atoms with Gasteiger partial charge in [-0.25, -0.2) is 9.37 Å². The van der Waals surface area contributed by atoms with Gasteiger partial charge in [0.25, 0.3) is 0 Å².